The van der Waals surface area contributed by atoms with Crippen LogP contribution < -0.4 is 0 Å². The Morgan fingerprint density at radius 1 is 1.37 bits per heavy atom. The van der Waals surface area contributed by atoms with Crippen molar-refractivity contribution in [1.29, 1.82) is 0 Å². The van der Waals surface area contributed by atoms with Crippen molar-refractivity contribution in [2.24, 2.45) is 0 Å². The first kappa shape index (κ1) is 16.4. The third-order valence-corrected chi connectivity index (χ3v) is 3.22. The molecule has 0 aliphatic heterocycles. The van der Waals surface area contributed by atoms with Crippen LogP contribution in [0.25, 0.3) is 0 Å². The first-order chi connectivity index (χ1) is 8.73. The first-order valence-corrected chi connectivity index (χ1v) is 6.91. The van der Waals surface area contributed by atoms with Crippen molar-refractivity contribution < 1.29 is 9.90 Å². The van der Waals surface area contributed by atoms with Crippen molar-refractivity contribution in [2.75, 3.05) is 19.6 Å². The van der Waals surface area contributed by atoms with E-state index in [0.29, 0.717) is 28.7 Å². The van der Waals surface area contributed by atoms with Crippen molar-refractivity contribution in [3.63, 3.8) is 0 Å². The fourth-order valence-electron chi connectivity index (χ4n) is 1.83. The van der Waals surface area contributed by atoms with E-state index >= 15 is 0 Å². The molecule has 0 radical (unpaired) electrons. The lowest BCUT2D eigenvalue weighted by molar-refractivity contribution is 0.0376. The molecule has 0 spiro atoms. The molecule has 0 bridgehead atoms. The van der Waals surface area contributed by atoms with Gasteiger partial charge >= 0.3 is 0 Å². The number of benzene rings is 1. The molecule has 0 saturated carbocycles. The molecule has 0 amide bonds. The van der Waals surface area contributed by atoms with E-state index in [0.717, 1.165) is 0 Å². The summed E-state index contributed by atoms with van der Waals surface area (Å²) >= 11 is 11.9. The van der Waals surface area contributed by atoms with Crippen molar-refractivity contribution in [3.05, 3.63) is 33.8 Å². The lowest BCUT2D eigenvalue weighted by Crippen LogP contribution is -2.41. The molecule has 19 heavy (non-hydrogen) atoms. The average Bonchev–Trinajstić information content (AvgIpc) is 2.29. The summed E-state index contributed by atoms with van der Waals surface area (Å²) in [6.07, 6.45) is 0. The second kappa shape index (κ2) is 6.71. The van der Waals surface area contributed by atoms with Crippen LogP contribution in [0.15, 0.2) is 18.2 Å². The summed E-state index contributed by atoms with van der Waals surface area (Å²) in [5.74, 6) is -0.0985. The van der Waals surface area contributed by atoms with Crippen LogP contribution in [-0.4, -0.2) is 41.0 Å². The quantitative estimate of drug-likeness (QED) is 0.820. The Kier molecular flexibility index (Phi) is 5.81. The molecule has 1 aromatic carbocycles. The first-order valence-electron chi connectivity index (χ1n) is 6.16. The van der Waals surface area contributed by atoms with Gasteiger partial charge in [-0.1, -0.05) is 30.1 Å². The number of Topliss-reactive ketones (excluding diaryl/α,β-unsaturated/α-hetero) is 1. The molecule has 0 saturated heterocycles. The maximum atomic E-state index is 12.2. The number of aliphatic hydroxyl groups is 1. The summed E-state index contributed by atoms with van der Waals surface area (Å²) < 4.78 is 0. The lowest BCUT2D eigenvalue weighted by atomic mass is 10.1. The van der Waals surface area contributed by atoms with E-state index in [9.17, 15) is 9.90 Å². The normalized spacial score (nSPS) is 11.9. The maximum Gasteiger partial charge on any atom is 0.178 e. The molecule has 0 unspecified atom stereocenters. The third-order valence-electron chi connectivity index (χ3n) is 2.65. The minimum absolute atomic E-state index is 0.0985. The van der Waals surface area contributed by atoms with Crippen LogP contribution in [0.1, 0.15) is 31.1 Å². The second-order valence-electron chi connectivity index (χ2n) is 5.16. The van der Waals surface area contributed by atoms with Gasteiger partial charge in [-0.05, 0) is 38.6 Å². The minimum Gasteiger partial charge on any atom is -0.389 e. The molecule has 1 rings (SSSR count). The molecular formula is C14H19Cl2NO2. The van der Waals surface area contributed by atoms with Gasteiger partial charge in [-0.3, -0.25) is 9.69 Å². The zero-order chi connectivity index (χ0) is 14.6. The van der Waals surface area contributed by atoms with Gasteiger partial charge in [0.15, 0.2) is 5.78 Å². The Hall–Kier alpha value is -0.610. The summed E-state index contributed by atoms with van der Waals surface area (Å²) in [4.78, 5) is 14.1. The summed E-state index contributed by atoms with van der Waals surface area (Å²) in [7, 11) is 0. The lowest BCUT2D eigenvalue weighted by Gasteiger charge is -2.27. The number of carbonyl (C=O) groups excluding carboxylic acids is 1. The van der Waals surface area contributed by atoms with Crippen LogP contribution in [-0.2, 0) is 0 Å². The monoisotopic (exact) mass is 303 g/mol. The molecule has 106 valence electrons. The molecule has 3 nitrogen and oxygen atoms in total. The zero-order valence-corrected chi connectivity index (χ0v) is 12.9. The van der Waals surface area contributed by atoms with E-state index in [1.807, 2.05) is 11.8 Å². The van der Waals surface area contributed by atoms with Crippen LogP contribution in [0.5, 0.6) is 0 Å². The van der Waals surface area contributed by atoms with E-state index in [1.165, 1.54) is 0 Å². The highest BCUT2D eigenvalue weighted by molar-refractivity contribution is 6.36. The molecule has 0 aromatic heterocycles. The molecule has 1 aromatic rings. The Labute approximate surface area is 124 Å². The third kappa shape index (κ3) is 5.49. The standard InChI is InChI=1S/C14H19Cl2NO2/c1-4-17(9-14(2,3)19)8-13(18)11-7-10(15)5-6-12(11)16/h5-7,19H,4,8-9H2,1-3H3. The fraction of sp³-hybridized carbons (Fsp3) is 0.500. The maximum absolute atomic E-state index is 12.2. The number of nitrogens with zero attached hydrogens (tertiary/aromatic N) is 1. The summed E-state index contributed by atoms with van der Waals surface area (Å²) in [6.45, 7) is 6.68. The summed E-state index contributed by atoms with van der Waals surface area (Å²) in [6, 6.07) is 4.84. The topological polar surface area (TPSA) is 40.5 Å². The largest absolute Gasteiger partial charge is 0.389 e. The van der Waals surface area contributed by atoms with Crippen molar-refractivity contribution in [3.8, 4) is 0 Å². The van der Waals surface area contributed by atoms with Crippen LogP contribution in [0, 0.1) is 0 Å². The van der Waals surface area contributed by atoms with Gasteiger partial charge in [-0.25, -0.2) is 0 Å². The molecule has 5 heteroatoms. The molecule has 0 fully saturated rings. The molecule has 0 aliphatic carbocycles. The average molecular weight is 304 g/mol. The van der Waals surface area contributed by atoms with Gasteiger partial charge in [0.1, 0.15) is 0 Å². The smallest absolute Gasteiger partial charge is 0.178 e. The van der Waals surface area contributed by atoms with Gasteiger partial charge < -0.3 is 5.11 Å². The number of halogens is 2. The number of ketones is 1. The minimum atomic E-state index is -0.839. The highest BCUT2D eigenvalue weighted by Crippen LogP contribution is 2.21. The van der Waals surface area contributed by atoms with Gasteiger partial charge in [-0.15, -0.1) is 0 Å². The highest BCUT2D eigenvalue weighted by atomic mass is 35.5. The van der Waals surface area contributed by atoms with Gasteiger partial charge in [0.25, 0.3) is 0 Å². The number of hydrogen-bond acceptors (Lipinski definition) is 3. The molecular weight excluding hydrogens is 285 g/mol. The Morgan fingerprint density at radius 3 is 2.53 bits per heavy atom. The van der Waals surface area contributed by atoms with Crippen molar-refractivity contribution in [2.45, 2.75) is 26.4 Å². The Bertz CT molecular complexity index is 455. The zero-order valence-electron chi connectivity index (χ0n) is 11.4. The number of likely N-dealkylation sites (N-methyl/N-ethyl adjacent to an activating group) is 1. The Morgan fingerprint density at radius 2 is 2.00 bits per heavy atom. The van der Waals surface area contributed by atoms with E-state index in [1.54, 1.807) is 32.0 Å². The number of hydrogen-bond donors (Lipinski definition) is 1. The van der Waals surface area contributed by atoms with Gasteiger partial charge in [0.2, 0.25) is 0 Å². The van der Waals surface area contributed by atoms with E-state index in [4.69, 9.17) is 23.2 Å². The van der Waals surface area contributed by atoms with Gasteiger partial charge in [0, 0.05) is 17.1 Å². The second-order valence-corrected chi connectivity index (χ2v) is 6.01. The van der Waals surface area contributed by atoms with Crippen LogP contribution >= 0.6 is 23.2 Å². The summed E-state index contributed by atoms with van der Waals surface area (Å²) in [5.41, 5.74) is -0.419. The van der Waals surface area contributed by atoms with E-state index < -0.39 is 5.60 Å². The van der Waals surface area contributed by atoms with Crippen LogP contribution in [0.3, 0.4) is 0 Å². The Balaban J connectivity index is 2.80. The predicted octanol–water partition coefficient (Wildman–Crippen LogP) is 3.27. The number of carbonyl (C=O) groups is 1. The van der Waals surface area contributed by atoms with Crippen molar-refractivity contribution in [1.82, 2.24) is 4.90 Å². The number of rotatable bonds is 6. The van der Waals surface area contributed by atoms with E-state index in [-0.39, 0.29) is 12.3 Å². The highest BCUT2D eigenvalue weighted by Gasteiger charge is 2.20. The fourth-order valence-corrected chi connectivity index (χ4v) is 2.22. The molecule has 0 aliphatic rings. The van der Waals surface area contributed by atoms with Gasteiger partial charge in [-0.2, -0.15) is 0 Å². The van der Waals surface area contributed by atoms with Gasteiger partial charge in [0.05, 0.1) is 17.2 Å². The SMILES string of the molecule is CCN(CC(=O)c1cc(Cl)ccc1Cl)CC(C)(C)O. The molecule has 0 atom stereocenters. The van der Waals surface area contributed by atoms with Crippen LogP contribution in [0.4, 0.5) is 0 Å². The van der Waals surface area contributed by atoms with E-state index in [2.05, 4.69) is 0 Å². The summed E-state index contributed by atoms with van der Waals surface area (Å²) in [5, 5.41) is 10.7. The van der Waals surface area contributed by atoms with Crippen LogP contribution in [0.2, 0.25) is 10.0 Å². The molecule has 0 heterocycles. The molecule has 1 N–H and O–H groups in total. The van der Waals surface area contributed by atoms with Crippen molar-refractivity contribution >= 4 is 29.0 Å². The predicted molar refractivity (Wildman–Crippen MR) is 79.2 cm³/mol.